The van der Waals surface area contributed by atoms with Gasteiger partial charge in [0, 0.05) is 0 Å². The van der Waals surface area contributed by atoms with Gasteiger partial charge in [0.1, 0.15) is 0 Å². The maximum Gasteiger partial charge on any atom is 0.494 e. The summed E-state index contributed by atoms with van der Waals surface area (Å²) in [5.41, 5.74) is 7.59. The molecule has 236 valence electrons. The molecular formula is C46H37BO2. The maximum atomic E-state index is 6.35. The Hall–Kier alpha value is -5.22. The van der Waals surface area contributed by atoms with Gasteiger partial charge in [0.2, 0.25) is 0 Å². The van der Waals surface area contributed by atoms with Crippen molar-refractivity contribution in [3.8, 4) is 33.4 Å². The van der Waals surface area contributed by atoms with Gasteiger partial charge in [0.15, 0.2) is 0 Å². The minimum absolute atomic E-state index is 0.376. The van der Waals surface area contributed by atoms with Crippen LogP contribution in [0.25, 0.3) is 76.5 Å². The zero-order valence-electron chi connectivity index (χ0n) is 28.3. The fraction of sp³-hybridized carbons (Fsp3) is 0.130. The number of hydrogen-bond acceptors (Lipinski definition) is 2. The summed E-state index contributed by atoms with van der Waals surface area (Å²) in [4.78, 5) is 0. The molecule has 3 heteroatoms. The lowest BCUT2D eigenvalue weighted by molar-refractivity contribution is 0.00578. The first-order valence-electron chi connectivity index (χ1n) is 17.2. The fourth-order valence-electron chi connectivity index (χ4n) is 7.48. The number of fused-ring (bicyclic) bond motifs is 4. The Balaban J connectivity index is 1.27. The van der Waals surface area contributed by atoms with E-state index in [1.807, 2.05) is 0 Å². The summed E-state index contributed by atoms with van der Waals surface area (Å²) in [5, 5.41) is 9.98. The van der Waals surface area contributed by atoms with E-state index in [2.05, 4.69) is 179 Å². The Labute approximate surface area is 288 Å². The van der Waals surface area contributed by atoms with Crippen LogP contribution in [0.5, 0.6) is 0 Å². The van der Waals surface area contributed by atoms with Crippen molar-refractivity contribution >= 4 is 55.7 Å². The van der Waals surface area contributed by atoms with Crippen LogP contribution < -0.4 is 5.46 Å². The predicted octanol–water partition coefficient (Wildman–Crippen LogP) is 11.6. The first-order chi connectivity index (χ1) is 23.8. The third-order valence-corrected chi connectivity index (χ3v) is 10.9. The second kappa shape index (κ2) is 11.2. The van der Waals surface area contributed by atoms with Crippen molar-refractivity contribution < 1.29 is 9.31 Å². The molecular weight excluding hydrogens is 595 g/mol. The average Bonchev–Trinajstić information content (AvgIpc) is 3.35. The highest BCUT2D eigenvalue weighted by Crippen LogP contribution is 2.46. The first kappa shape index (κ1) is 29.9. The number of benzene rings is 8. The van der Waals surface area contributed by atoms with Gasteiger partial charge in [0.25, 0.3) is 0 Å². The minimum Gasteiger partial charge on any atom is -0.399 e. The van der Waals surface area contributed by atoms with Gasteiger partial charge in [-0.25, -0.2) is 0 Å². The van der Waals surface area contributed by atoms with Crippen LogP contribution in [0.3, 0.4) is 0 Å². The Bertz CT molecular complexity index is 2550. The molecule has 1 aliphatic heterocycles. The summed E-state index contributed by atoms with van der Waals surface area (Å²) in [5.74, 6) is 0. The second-order valence-electron chi connectivity index (χ2n) is 14.4. The van der Waals surface area contributed by atoms with Gasteiger partial charge >= 0.3 is 7.12 Å². The molecule has 2 nitrogen and oxygen atoms in total. The molecule has 0 bridgehead atoms. The zero-order valence-corrected chi connectivity index (χ0v) is 28.3. The van der Waals surface area contributed by atoms with Crippen molar-refractivity contribution in [2.24, 2.45) is 0 Å². The van der Waals surface area contributed by atoms with Crippen molar-refractivity contribution in [2.75, 3.05) is 0 Å². The Morgan fingerprint density at radius 2 is 0.796 bits per heavy atom. The van der Waals surface area contributed by atoms with Crippen molar-refractivity contribution in [1.82, 2.24) is 0 Å². The maximum absolute atomic E-state index is 6.35. The van der Waals surface area contributed by atoms with E-state index >= 15 is 0 Å². The molecule has 0 aliphatic carbocycles. The van der Waals surface area contributed by atoms with Crippen LogP contribution in [0.4, 0.5) is 0 Å². The standard InChI is InChI=1S/C46H37BO2/c1-45(2)46(3,4)49-47(48-45)38-24-21-32(22-25-38)35-23-26-41-42(29-35)44(37-20-18-31-12-6-8-14-34(31)28-37)40-16-10-9-15-39(40)43(41)36-19-17-30-11-5-7-13-33(30)27-36/h5-29H,1-4H3. The SMILES string of the molecule is CC1(C)OB(c2ccc(-c3ccc4c(-c5ccc6ccccc6c5)c5ccccc5c(-c5ccc6ccccc6c5)c4c3)cc2)OC1(C)C. The largest absolute Gasteiger partial charge is 0.494 e. The molecule has 0 atom stereocenters. The molecule has 1 fully saturated rings. The quantitative estimate of drug-likeness (QED) is 0.142. The van der Waals surface area contributed by atoms with Crippen LogP contribution in [0.1, 0.15) is 27.7 Å². The first-order valence-corrected chi connectivity index (χ1v) is 17.2. The topological polar surface area (TPSA) is 18.5 Å². The molecule has 0 radical (unpaired) electrons. The molecule has 9 rings (SSSR count). The predicted molar refractivity (Wildman–Crippen MR) is 208 cm³/mol. The molecule has 1 saturated heterocycles. The van der Waals surface area contributed by atoms with E-state index in [9.17, 15) is 0 Å². The van der Waals surface area contributed by atoms with Crippen LogP contribution in [0.2, 0.25) is 0 Å². The summed E-state index contributed by atoms with van der Waals surface area (Å²) in [6.45, 7) is 8.39. The van der Waals surface area contributed by atoms with E-state index in [1.54, 1.807) is 0 Å². The molecule has 0 N–H and O–H groups in total. The minimum atomic E-state index is -0.383. The normalized spacial score (nSPS) is 15.5. The lowest BCUT2D eigenvalue weighted by Crippen LogP contribution is -2.41. The Morgan fingerprint density at radius 1 is 0.367 bits per heavy atom. The van der Waals surface area contributed by atoms with Gasteiger partial charge in [-0.3, -0.25) is 0 Å². The third-order valence-electron chi connectivity index (χ3n) is 10.9. The summed E-state index contributed by atoms with van der Waals surface area (Å²) in [6, 6.07) is 55.6. The summed E-state index contributed by atoms with van der Waals surface area (Å²) < 4.78 is 12.7. The van der Waals surface area contributed by atoms with Crippen molar-refractivity contribution in [3.05, 3.63) is 152 Å². The van der Waals surface area contributed by atoms with E-state index in [-0.39, 0.29) is 18.3 Å². The summed E-state index contributed by atoms with van der Waals surface area (Å²) >= 11 is 0. The molecule has 1 heterocycles. The van der Waals surface area contributed by atoms with E-state index in [1.165, 1.54) is 70.9 Å². The van der Waals surface area contributed by atoms with E-state index < -0.39 is 0 Å². The van der Waals surface area contributed by atoms with Crippen molar-refractivity contribution in [1.29, 1.82) is 0 Å². The zero-order chi connectivity index (χ0) is 33.3. The van der Waals surface area contributed by atoms with Gasteiger partial charge in [0.05, 0.1) is 11.2 Å². The Morgan fingerprint density at radius 3 is 1.35 bits per heavy atom. The molecule has 0 aromatic heterocycles. The van der Waals surface area contributed by atoms with Crippen LogP contribution >= 0.6 is 0 Å². The molecule has 1 aliphatic rings. The lowest BCUT2D eigenvalue weighted by atomic mass is 9.78. The molecule has 49 heavy (non-hydrogen) atoms. The monoisotopic (exact) mass is 632 g/mol. The van der Waals surface area contributed by atoms with Crippen LogP contribution in [0, 0.1) is 0 Å². The summed E-state index contributed by atoms with van der Waals surface area (Å²) in [7, 11) is -0.383. The average molecular weight is 633 g/mol. The smallest absolute Gasteiger partial charge is 0.399 e. The number of hydrogen-bond donors (Lipinski definition) is 0. The number of rotatable bonds is 4. The van der Waals surface area contributed by atoms with Crippen LogP contribution in [-0.4, -0.2) is 18.3 Å². The molecule has 0 amide bonds. The summed E-state index contributed by atoms with van der Waals surface area (Å²) in [6.07, 6.45) is 0. The second-order valence-corrected chi connectivity index (χ2v) is 14.4. The van der Waals surface area contributed by atoms with Gasteiger partial charge in [-0.2, -0.15) is 0 Å². The molecule has 0 spiro atoms. The van der Waals surface area contributed by atoms with Gasteiger partial charge in [-0.1, -0.05) is 133 Å². The van der Waals surface area contributed by atoms with Crippen molar-refractivity contribution in [2.45, 2.75) is 38.9 Å². The van der Waals surface area contributed by atoms with Crippen LogP contribution in [-0.2, 0) is 9.31 Å². The molecule has 0 saturated carbocycles. The van der Waals surface area contributed by atoms with Crippen LogP contribution in [0.15, 0.2) is 152 Å². The van der Waals surface area contributed by atoms with E-state index in [0.29, 0.717) is 0 Å². The van der Waals surface area contributed by atoms with Gasteiger partial charge < -0.3 is 9.31 Å². The van der Waals surface area contributed by atoms with Crippen molar-refractivity contribution in [3.63, 3.8) is 0 Å². The third kappa shape index (κ3) is 4.96. The highest BCUT2D eigenvalue weighted by Gasteiger charge is 2.51. The Kier molecular flexibility index (Phi) is 6.81. The highest BCUT2D eigenvalue weighted by atomic mass is 16.7. The molecule has 0 unspecified atom stereocenters. The van der Waals surface area contributed by atoms with E-state index in [4.69, 9.17) is 9.31 Å². The van der Waals surface area contributed by atoms with Gasteiger partial charge in [-0.05, 0) is 128 Å². The molecule has 8 aromatic rings. The van der Waals surface area contributed by atoms with E-state index in [0.717, 1.165) is 11.0 Å². The van der Waals surface area contributed by atoms with Gasteiger partial charge in [-0.15, -0.1) is 0 Å². The highest BCUT2D eigenvalue weighted by molar-refractivity contribution is 6.62. The molecule has 8 aromatic carbocycles. The lowest BCUT2D eigenvalue weighted by Gasteiger charge is -2.32. The fourth-order valence-corrected chi connectivity index (χ4v) is 7.48.